The summed E-state index contributed by atoms with van der Waals surface area (Å²) in [6, 6.07) is 1.22. The van der Waals surface area contributed by atoms with E-state index in [9.17, 15) is 14.0 Å². The Labute approximate surface area is 91.5 Å². The molecular formula is C10H13FN2O3. The number of amides is 1. The highest BCUT2D eigenvalue weighted by molar-refractivity contribution is 5.87. The molecule has 1 amide bonds. The van der Waals surface area contributed by atoms with Crippen LogP contribution >= 0.6 is 0 Å². The zero-order valence-electron chi connectivity index (χ0n) is 9.24. The van der Waals surface area contributed by atoms with Crippen LogP contribution in [-0.2, 0) is 0 Å². The van der Waals surface area contributed by atoms with Crippen LogP contribution in [0.4, 0.5) is 14.9 Å². The van der Waals surface area contributed by atoms with E-state index in [0.29, 0.717) is 0 Å². The number of carbonyl (C=O) groups is 1. The number of aromatic nitrogens is 1. The Balaban J connectivity index is 3.39. The molecule has 0 aliphatic rings. The normalized spacial score (nSPS) is 11.2. The number of nitrogens with one attached hydrogen (secondary N) is 1. The van der Waals surface area contributed by atoms with Crippen LogP contribution in [0.1, 0.15) is 20.8 Å². The van der Waals surface area contributed by atoms with Crippen LogP contribution in [-0.4, -0.2) is 21.7 Å². The van der Waals surface area contributed by atoms with Crippen molar-refractivity contribution >= 4 is 11.8 Å². The minimum absolute atomic E-state index is 0.247. The average Bonchev–Trinajstić information content (AvgIpc) is 2.09. The van der Waals surface area contributed by atoms with Crippen LogP contribution in [0, 0.1) is 5.82 Å². The second kappa shape index (κ2) is 3.96. The highest BCUT2D eigenvalue weighted by Gasteiger charge is 2.30. The summed E-state index contributed by atoms with van der Waals surface area (Å²) in [4.78, 5) is 25.1. The molecule has 2 N–H and O–H groups in total. The van der Waals surface area contributed by atoms with Gasteiger partial charge in [0.1, 0.15) is 0 Å². The fourth-order valence-corrected chi connectivity index (χ4v) is 1.37. The summed E-state index contributed by atoms with van der Waals surface area (Å²) >= 11 is 0. The lowest BCUT2D eigenvalue weighted by Crippen LogP contribution is -2.46. The average molecular weight is 228 g/mol. The molecule has 0 radical (unpaired) electrons. The molecule has 1 aromatic rings. The third kappa shape index (κ3) is 2.21. The lowest BCUT2D eigenvalue weighted by Gasteiger charge is -2.32. The molecule has 0 unspecified atom stereocenters. The third-order valence-corrected chi connectivity index (χ3v) is 1.98. The molecule has 1 aromatic heterocycles. The van der Waals surface area contributed by atoms with Crippen molar-refractivity contribution in [2.75, 3.05) is 4.90 Å². The Morgan fingerprint density at radius 3 is 2.50 bits per heavy atom. The predicted molar refractivity (Wildman–Crippen MR) is 57.3 cm³/mol. The van der Waals surface area contributed by atoms with Gasteiger partial charge in [0.2, 0.25) is 5.82 Å². The van der Waals surface area contributed by atoms with E-state index in [1.165, 1.54) is 12.3 Å². The topological polar surface area (TPSA) is 73.4 Å². The zero-order chi connectivity index (χ0) is 12.5. The largest absolute Gasteiger partial charge is 0.465 e. The summed E-state index contributed by atoms with van der Waals surface area (Å²) in [5.74, 6) is -1.10. The van der Waals surface area contributed by atoms with Gasteiger partial charge in [-0.05, 0) is 26.8 Å². The van der Waals surface area contributed by atoms with Gasteiger partial charge in [-0.2, -0.15) is 4.39 Å². The van der Waals surface area contributed by atoms with Gasteiger partial charge in [0.05, 0.1) is 5.69 Å². The van der Waals surface area contributed by atoms with Gasteiger partial charge in [0, 0.05) is 11.7 Å². The first-order chi connectivity index (χ1) is 7.25. The third-order valence-electron chi connectivity index (χ3n) is 1.98. The highest BCUT2D eigenvalue weighted by atomic mass is 19.1. The predicted octanol–water partition coefficient (Wildman–Crippen LogP) is 1.80. The van der Waals surface area contributed by atoms with Crippen molar-refractivity contribution in [3.05, 3.63) is 28.4 Å². The second-order valence-corrected chi connectivity index (χ2v) is 4.29. The van der Waals surface area contributed by atoms with Gasteiger partial charge < -0.3 is 10.1 Å². The molecule has 0 aliphatic carbocycles. The van der Waals surface area contributed by atoms with E-state index in [1.807, 2.05) is 0 Å². The number of rotatable bonds is 1. The summed E-state index contributed by atoms with van der Waals surface area (Å²) < 4.78 is 13.5. The number of anilines is 1. The van der Waals surface area contributed by atoms with Crippen molar-refractivity contribution in [3.63, 3.8) is 0 Å². The first-order valence-corrected chi connectivity index (χ1v) is 4.65. The quantitative estimate of drug-likeness (QED) is 0.769. The van der Waals surface area contributed by atoms with Crippen molar-refractivity contribution in [3.8, 4) is 0 Å². The van der Waals surface area contributed by atoms with Crippen LogP contribution in [0.3, 0.4) is 0 Å². The molecule has 1 rings (SSSR count). The van der Waals surface area contributed by atoms with Crippen LogP contribution in [0.5, 0.6) is 0 Å². The molecule has 0 spiro atoms. The van der Waals surface area contributed by atoms with E-state index in [4.69, 9.17) is 5.11 Å². The number of carboxylic acid groups (broad SMARTS) is 1. The van der Waals surface area contributed by atoms with Crippen molar-refractivity contribution in [2.45, 2.75) is 26.3 Å². The molecule has 0 fully saturated rings. The lowest BCUT2D eigenvalue weighted by molar-refractivity contribution is 0.195. The van der Waals surface area contributed by atoms with Crippen molar-refractivity contribution < 1.29 is 14.3 Å². The number of halogens is 1. The Morgan fingerprint density at radius 1 is 1.50 bits per heavy atom. The summed E-state index contributed by atoms with van der Waals surface area (Å²) in [5, 5.41) is 9.02. The first kappa shape index (κ1) is 12.2. The van der Waals surface area contributed by atoms with E-state index in [1.54, 1.807) is 20.8 Å². The summed E-state index contributed by atoms with van der Waals surface area (Å²) in [5.41, 5.74) is -2.02. The smallest absolute Gasteiger partial charge is 0.412 e. The number of H-pyrrole nitrogens is 1. The second-order valence-electron chi connectivity index (χ2n) is 4.29. The number of hydrogen-bond acceptors (Lipinski definition) is 2. The fraction of sp³-hybridized carbons (Fsp3) is 0.400. The molecule has 0 atom stereocenters. The number of aromatic amines is 1. The Morgan fingerprint density at radius 2 is 2.06 bits per heavy atom. The van der Waals surface area contributed by atoms with E-state index < -0.39 is 23.0 Å². The lowest BCUT2D eigenvalue weighted by atomic mass is 10.1. The van der Waals surface area contributed by atoms with E-state index in [0.717, 1.165) is 4.90 Å². The first-order valence-electron chi connectivity index (χ1n) is 4.65. The van der Waals surface area contributed by atoms with Gasteiger partial charge in [-0.25, -0.2) is 4.79 Å². The summed E-state index contributed by atoms with van der Waals surface area (Å²) in [7, 11) is 0. The minimum Gasteiger partial charge on any atom is -0.465 e. The number of nitrogens with zero attached hydrogens (tertiary/aromatic N) is 1. The summed E-state index contributed by atoms with van der Waals surface area (Å²) in [6.45, 7) is 4.84. The van der Waals surface area contributed by atoms with Crippen LogP contribution in [0.25, 0.3) is 0 Å². The molecule has 88 valence electrons. The highest BCUT2D eigenvalue weighted by Crippen LogP contribution is 2.24. The Kier molecular flexibility index (Phi) is 3.02. The number of pyridine rings is 1. The van der Waals surface area contributed by atoms with Crippen molar-refractivity contribution in [2.24, 2.45) is 0 Å². The van der Waals surface area contributed by atoms with Gasteiger partial charge in [-0.15, -0.1) is 0 Å². The standard InChI is InChI=1S/C10H13FN2O3/c1-10(2,3)13(9(15)16)6-4-5-12-8(14)7(6)11/h4-5H,1-3H3,(H,12,14)(H,15,16). The maximum Gasteiger partial charge on any atom is 0.412 e. The Hall–Kier alpha value is -1.85. The molecular weight excluding hydrogens is 215 g/mol. The molecule has 1 heterocycles. The van der Waals surface area contributed by atoms with Gasteiger partial charge in [-0.1, -0.05) is 0 Å². The number of hydrogen-bond donors (Lipinski definition) is 2. The Bertz CT molecular complexity index is 462. The minimum atomic E-state index is -1.31. The fourth-order valence-electron chi connectivity index (χ4n) is 1.37. The summed E-state index contributed by atoms with van der Waals surface area (Å²) in [6.07, 6.45) is -0.0976. The van der Waals surface area contributed by atoms with E-state index in [-0.39, 0.29) is 5.69 Å². The van der Waals surface area contributed by atoms with E-state index >= 15 is 0 Å². The van der Waals surface area contributed by atoms with Gasteiger partial charge >= 0.3 is 6.09 Å². The van der Waals surface area contributed by atoms with Crippen molar-refractivity contribution in [1.82, 2.24) is 4.98 Å². The molecule has 0 aromatic carbocycles. The van der Waals surface area contributed by atoms with Crippen LogP contribution < -0.4 is 10.5 Å². The van der Waals surface area contributed by atoms with Gasteiger partial charge in [0.25, 0.3) is 5.56 Å². The molecule has 0 saturated heterocycles. The molecule has 5 nitrogen and oxygen atoms in total. The maximum absolute atomic E-state index is 13.5. The maximum atomic E-state index is 13.5. The van der Waals surface area contributed by atoms with E-state index in [2.05, 4.69) is 4.98 Å². The molecule has 16 heavy (non-hydrogen) atoms. The zero-order valence-corrected chi connectivity index (χ0v) is 9.24. The van der Waals surface area contributed by atoms with Crippen LogP contribution in [0.15, 0.2) is 17.1 Å². The molecule has 0 aliphatic heterocycles. The van der Waals surface area contributed by atoms with Crippen molar-refractivity contribution in [1.29, 1.82) is 0 Å². The van der Waals surface area contributed by atoms with Crippen LogP contribution in [0.2, 0.25) is 0 Å². The molecule has 0 saturated carbocycles. The molecule has 0 bridgehead atoms. The SMILES string of the molecule is CC(C)(C)N(C(=O)O)c1cc[nH]c(=O)c1F. The monoisotopic (exact) mass is 228 g/mol. The van der Waals surface area contributed by atoms with Gasteiger partial charge in [-0.3, -0.25) is 9.69 Å². The van der Waals surface area contributed by atoms with Gasteiger partial charge in [0.15, 0.2) is 0 Å². The molecule has 6 heteroatoms.